The predicted octanol–water partition coefficient (Wildman–Crippen LogP) is 5.33. The van der Waals surface area contributed by atoms with E-state index in [1.807, 2.05) is 59.5 Å². The summed E-state index contributed by atoms with van der Waals surface area (Å²) < 4.78 is 0. The number of carbonyl (C=O) groups excluding carboxylic acids is 1. The van der Waals surface area contributed by atoms with Crippen LogP contribution in [0.2, 0.25) is 0 Å². The number of nitriles is 1. The van der Waals surface area contributed by atoms with E-state index in [0.717, 1.165) is 21.7 Å². The third kappa shape index (κ3) is 3.60. The van der Waals surface area contributed by atoms with Crippen molar-refractivity contribution in [3.05, 3.63) is 95.6 Å². The van der Waals surface area contributed by atoms with Crippen LogP contribution in [0.25, 0.3) is 0 Å². The lowest BCUT2D eigenvalue weighted by Gasteiger charge is -2.23. The van der Waals surface area contributed by atoms with Gasteiger partial charge in [0.1, 0.15) is 0 Å². The molecule has 3 aromatic carbocycles. The average molecular weight is 370 g/mol. The highest BCUT2D eigenvalue weighted by Gasteiger charge is 2.29. The van der Waals surface area contributed by atoms with Gasteiger partial charge in [0, 0.05) is 16.6 Å². The third-order valence-corrected chi connectivity index (χ3v) is 6.05. The van der Waals surface area contributed by atoms with Crippen molar-refractivity contribution in [1.82, 2.24) is 0 Å². The smallest absolute Gasteiger partial charge is 0.228 e. The zero-order valence-corrected chi connectivity index (χ0v) is 15.5. The number of amides is 1. The van der Waals surface area contributed by atoms with Crippen LogP contribution in [0.3, 0.4) is 0 Å². The van der Waals surface area contributed by atoms with Crippen molar-refractivity contribution in [2.75, 3.05) is 4.90 Å². The molecule has 0 fully saturated rings. The Kier molecular flexibility index (Phi) is 4.95. The summed E-state index contributed by atoms with van der Waals surface area (Å²) in [6, 6.07) is 27.9. The topological polar surface area (TPSA) is 44.1 Å². The van der Waals surface area contributed by atoms with Crippen molar-refractivity contribution in [3.8, 4) is 6.07 Å². The molecule has 1 aliphatic rings. The molecule has 1 aliphatic heterocycles. The molecular weight excluding hydrogens is 352 g/mol. The fraction of sp³-hybridized carbons (Fsp3) is 0.130. The second-order valence-corrected chi connectivity index (χ2v) is 7.68. The van der Waals surface area contributed by atoms with E-state index in [4.69, 9.17) is 0 Å². The number of hydrogen-bond donors (Lipinski definition) is 0. The molecule has 0 N–H and O–H groups in total. The average Bonchev–Trinajstić information content (AvgIpc) is 2.86. The first-order valence-corrected chi connectivity index (χ1v) is 9.73. The number of thioether (sulfide) groups is 1. The number of carbonyl (C=O) groups is 1. The quantitative estimate of drug-likeness (QED) is 0.626. The van der Waals surface area contributed by atoms with E-state index in [0.29, 0.717) is 18.5 Å². The summed E-state index contributed by atoms with van der Waals surface area (Å²) in [5, 5.41) is 9.48. The summed E-state index contributed by atoms with van der Waals surface area (Å²) in [6.45, 7) is 0.404. The molecule has 0 aliphatic carbocycles. The molecule has 3 nitrogen and oxygen atoms in total. The molecule has 0 saturated heterocycles. The van der Waals surface area contributed by atoms with E-state index in [1.54, 1.807) is 17.8 Å². The Morgan fingerprint density at radius 2 is 1.67 bits per heavy atom. The largest absolute Gasteiger partial charge is 0.307 e. The van der Waals surface area contributed by atoms with Gasteiger partial charge in [-0.2, -0.15) is 5.26 Å². The number of nitrogens with zero attached hydrogens (tertiary/aromatic N) is 2. The lowest BCUT2D eigenvalue weighted by molar-refractivity contribution is -0.118. The SMILES string of the molecule is N#Cc1ccccc1CN1C(=O)CC(c2ccccc2)Sc2ccccc21. The summed E-state index contributed by atoms with van der Waals surface area (Å²) in [5.41, 5.74) is 3.55. The second-order valence-electron chi connectivity index (χ2n) is 6.44. The lowest BCUT2D eigenvalue weighted by atomic mass is 10.1. The predicted molar refractivity (Wildman–Crippen MR) is 108 cm³/mol. The number of anilines is 1. The maximum absolute atomic E-state index is 13.2. The van der Waals surface area contributed by atoms with Gasteiger partial charge in [-0.25, -0.2) is 0 Å². The van der Waals surface area contributed by atoms with Crippen LogP contribution in [-0.4, -0.2) is 5.91 Å². The molecule has 0 spiro atoms. The minimum absolute atomic E-state index is 0.0778. The summed E-state index contributed by atoms with van der Waals surface area (Å²) in [4.78, 5) is 16.1. The second kappa shape index (κ2) is 7.69. The van der Waals surface area contributed by atoms with Gasteiger partial charge >= 0.3 is 0 Å². The molecule has 1 heterocycles. The molecule has 4 heteroatoms. The fourth-order valence-electron chi connectivity index (χ4n) is 3.34. The number of fused-ring (bicyclic) bond motifs is 1. The molecule has 0 radical (unpaired) electrons. The normalized spacial score (nSPS) is 16.3. The van der Waals surface area contributed by atoms with Gasteiger partial charge in [-0.3, -0.25) is 4.79 Å². The molecule has 3 aromatic rings. The van der Waals surface area contributed by atoms with Gasteiger partial charge in [0.25, 0.3) is 0 Å². The third-order valence-electron chi connectivity index (χ3n) is 4.72. The van der Waals surface area contributed by atoms with Gasteiger partial charge in [0.05, 0.1) is 23.9 Å². The van der Waals surface area contributed by atoms with E-state index >= 15 is 0 Å². The summed E-state index contributed by atoms with van der Waals surface area (Å²) in [7, 11) is 0. The monoisotopic (exact) mass is 370 g/mol. The van der Waals surface area contributed by atoms with Crippen LogP contribution in [0.15, 0.2) is 83.8 Å². The van der Waals surface area contributed by atoms with Crippen molar-refractivity contribution >= 4 is 23.4 Å². The molecular formula is C23H18N2OS. The highest BCUT2D eigenvalue weighted by molar-refractivity contribution is 7.99. The molecule has 1 amide bonds. The maximum atomic E-state index is 13.2. The molecule has 0 aromatic heterocycles. The van der Waals surface area contributed by atoms with Crippen LogP contribution in [-0.2, 0) is 11.3 Å². The van der Waals surface area contributed by atoms with E-state index in [2.05, 4.69) is 24.3 Å². The molecule has 132 valence electrons. The van der Waals surface area contributed by atoms with Gasteiger partial charge in [-0.05, 0) is 29.3 Å². The minimum atomic E-state index is 0.0778. The van der Waals surface area contributed by atoms with Crippen molar-refractivity contribution < 1.29 is 4.79 Å². The van der Waals surface area contributed by atoms with Gasteiger partial charge in [0.2, 0.25) is 5.91 Å². The number of hydrogen-bond acceptors (Lipinski definition) is 3. The van der Waals surface area contributed by atoms with Crippen molar-refractivity contribution in [3.63, 3.8) is 0 Å². The molecule has 0 bridgehead atoms. The molecule has 1 unspecified atom stereocenters. The van der Waals surface area contributed by atoms with Crippen molar-refractivity contribution in [2.24, 2.45) is 0 Å². The van der Waals surface area contributed by atoms with Gasteiger partial charge in [-0.15, -0.1) is 11.8 Å². The Bertz CT molecular complexity index is 1010. The van der Waals surface area contributed by atoms with Gasteiger partial charge in [0.15, 0.2) is 0 Å². The first kappa shape index (κ1) is 17.4. The molecule has 4 rings (SSSR count). The maximum Gasteiger partial charge on any atom is 0.228 e. The Labute approximate surface area is 163 Å². The lowest BCUT2D eigenvalue weighted by Crippen LogP contribution is -2.30. The number of rotatable bonds is 3. The van der Waals surface area contributed by atoms with Crippen LogP contribution in [0.4, 0.5) is 5.69 Å². The van der Waals surface area contributed by atoms with Crippen LogP contribution in [0, 0.1) is 11.3 Å². The van der Waals surface area contributed by atoms with E-state index in [-0.39, 0.29) is 11.2 Å². The van der Waals surface area contributed by atoms with E-state index in [9.17, 15) is 10.1 Å². The first-order valence-electron chi connectivity index (χ1n) is 8.85. The Hall–Kier alpha value is -3.03. The number of benzene rings is 3. The van der Waals surface area contributed by atoms with Crippen LogP contribution in [0.1, 0.15) is 28.4 Å². The summed E-state index contributed by atoms with van der Waals surface area (Å²) in [5.74, 6) is 0.0778. The van der Waals surface area contributed by atoms with Crippen LogP contribution in [0.5, 0.6) is 0 Å². The number of para-hydroxylation sites is 1. The van der Waals surface area contributed by atoms with Gasteiger partial charge in [-0.1, -0.05) is 60.7 Å². The first-order chi connectivity index (χ1) is 13.3. The highest BCUT2D eigenvalue weighted by Crippen LogP contribution is 2.45. The van der Waals surface area contributed by atoms with Gasteiger partial charge < -0.3 is 4.90 Å². The standard InChI is InChI=1S/C23H18N2OS/c24-15-18-10-4-5-11-19(18)16-25-20-12-6-7-13-21(20)27-22(14-23(25)26)17-8-2-1-3-9-17/h1-13,22H,14,16H2. The Morgan fingerprint density at radius 3 is 2.48 bits per heavy atom. The Balaban J connectivity index is 1.73. The van der Waals surface area contributed by atoms with Crippen molar-refractivity contribution in [2.45, 2.75) is 23.1 Å². The molecule has 27 heavy (non-hydrogen) atoms. The Morgan fingerprint density at radius 1 is 0.963 bits per heavy atom. The van der Waals surface area contributed by atoms with Crippen LogP contribution >= 0.6 is 11.8 Å². The fourth-order valence-corrected chi connectivity index (χ4v) is 4.62. The zero-order chi connectivity index (χ0) is 18.6. The van der Waals surface area contributed by atoms with Crippen molar-refractivity contribution in [1.29, 1.82) is 5.26 Å². The molecule has 0 saturated carbocycles. The zero-order valence-electron chi connectivity index (χ0n) is 14.7. The minimum Gasteiger partial charge on any atom is -0.307 e. The molecule has 1 atom stereocenters. The van der Waals surface area contributed by atoms with Crippen LogP contribution < -0.4 is 4.90 Å². The summed E-state index contributed by atoms with van der Waals surface area (Å²) in [6.07, 6.45) is 0.429. The summed E-state index contributed by atoms with van der Waals surface area (Å²) >= 11 is 1.73. The van der Waals surface area contributed by atoms with E-state index in [1.165, 1.54) is 0 Å². The van der Waals surface area contributed by atoms with E-state index < -0.39 is 0 Å². The highest BCUT2D eigenvalue weighted by atomic mass is 32.2.